The van der Waals surface area contributed by atoms with Crippen molar-refractivity contribution in [2.75, 3.05) is 39.3 Å². The lowest BCUT2D eigenvalue weighted by Gasteiger charge is -2.34. The van der Waals surface area contributed by atoms with Crippen molar-refractivity contribution in [1.82, 2.24) is 10.2 Å². The predicted octanol–water partition coefficient (Wildman–Crippen LogP) is 0.746. The molecule has 3 rings (SSSR count). The van der Waals surface area contributed by atoms with Crippen LogP contribution in [-0.2, 0) is 0 Å². The van der Waals surface area contributed by atoms with Crippen LogP contribution in [0.3, 0.4) is 0 Å². The molecule has 0 aliphatic carbocycles. The molecule has 1 saturated heterocycles. The molecule has 2 aliphatic heterocycles. The van der Waals surface area contributed by atoms with Gasteiger partial charge in [-0.15, -0.1) is 0 Å². The van der Waals surface area contributed by atoms with E-state index < -0.39 is 6.10 Å². The minimum Gasteiger partial charge on any atom is -0.486 e. The first-order valence-corrected chi connectivity index (χ1v) is 7.30. The number of ether oxygens (including phenoxy) is 2. The predicted molar refractivity (Wildman–Crippen MR) is 76.7 cm³/mol. The third kappa shape index (κ3) is 3.17. The molecule has 1 aromatic carbocycles. The number of aliphatic hydroxyl groups is 1. The molecule has 1 aromatic rings. The van der Waals surface area contributed by atoms with Gasteiger partial charge in [-0.25, -0.2) is 0 Å². The summed E-state index contributed by atoms with van der Waals surface area (Å²) in [6.07, 6.45) is -0.920. The van der Waals surface area contributed by atoms with Gasteiger partial charge in [0, 0.05) is 43.8 Å². The molecule has 5 nitrogen and oxygen atoms in total. The van der Waals surface area contributed by atoms with E-state index >= 15 is 0 Å². The Bertz CT molecular complexity index is 466. The van der Waals surface area contributed by atoms with Crippen molar-refractivity contribution in [1.29, 1.82) is 0 Å². The Balaban J connectivity index is 1.60. The number of fused-ring (bicyclic) bond motifs is 1. The van der Waals surface area contributed by atoms with Crippen LogP contribution in [-0.4, -0.2) is 61.5 Å². The van der Waals surface area contributed by atoms with Gasteiger partial charge in [-0.1, -0.05) is 11.6 Å². The second-order valence-electron chi connectivity index (χ2n) is 5.18. The Morgan fingerprint density at radius 2 is 2.15 bits per heavy atom. The fourth-order valence-electron chi connectivity index (χ4n) is 2.53. The van der Waals surface area contributed by atoms with Crippen molar-refractivity contribution < 1.29 is 14.6 Å². The number of aliphatic hydroxyl groups excluding tert-OH is 1. The summed E-state index contributed by atoms with van der Waals surface area (Å²) in [6, 6.07) is 5.28. The average Bonchev–Trinajstić information content (AvgIpc) is 2.47. The molecule has 1 fully saturated rings. The normalized spacial score (nSPS) is 24.4. The zero-order valence-electron chi connectivity index (χ0n) is 11.2. The first kappa shape index (κ1) is 13.9. The van der Waals surface area contributed by atoms with Crippen LogP contribution in [0.25, 0.3) is 0 Å². The summed E-state index contributed by atoms with van der Waals surface area (Å²) in [4.78, 5) is 2.23. The zero-order chi connectivity index (χ0) is 13.9. The summed E-state index contributed by atoms with van der Waals surface area (Å²) in [5, 5.41) is 14.2. The van der Waals surface area contributed by atoms with Crippen molar-refractivity contribution in [3.05, 3.63) is 23.2 Å². The Kier molecular flexibility index (Phi) is 4.31. The summed E-state index contributed by atoms with van der Waals surface area (Å²) in [6.45, 7) is 4.80. The molecule has 2 aliphatic rings. The van der Waals surface area contributed by atoms with E-state index in [2.05, 4.69) is 10.2 Å². The van der Waals surface area contributed by atoms with Gasteiger partial charge in [0.05, 0.1) is 0 Å². The van der Waals surface area contributed by atoms with Crippen LogP contribution in [0.4, 0.5) is 0 Å². The second kappa shape index (κ2) is 6.18. The molecule has 0 amide bonds. The molecule has 20 heavy (non-hydrogen) atoms. The third-order valence-electron chi connectivity index (χ3n) is 3.67. The number of benzene rings is 1. The van der Waals surface area contributed by atoms with Crippen molar-refractivity contribution in [3.63, 3.8) is 0 Å². The third-order valence-corrected chi connectivity index (χ3v) is 3.91. The standard InChI is InChI=1S/C14H19ClN2O3/c15-10-1-2-12-13(7-10)20-14(9-19-12)11(18)8-17-5-3-16-4-6-17/h1-2,7,11,14,16,18H,3-6,8-9H2. The Morgan fingerprint density at radius 1 is 1.35 bits per heavy atom. The molecular weight excluding hydrogens is 280 g/mol. The lowest BCUT2D eigenvalue weighted by molar-refractivity contribution is -0.0266. The Labute approximate surface area is 123 Å². The van der Waals surface area contributed by atoms with E-state index in [1.165, 1.54) is 0 Å². The number of hydrogen-bond acceptors (Lipinski definition) is 5. The molecular formula is C14H19ClN2O3. The van der Waals surface area contributed by atoms with Gasteiger partial charge < -0.3 is 19.9 Å². The minimum atomic E-state index is -0.569. The van der Waals surface area contributed by atoms with Crippen LogP contribution in [0.2, 0.25) is 5.02 Å². The molecule has 2 unspecified atom stereocenters. The summed E-state index contributed by atoms with van der Waals surface area (Å²) in [7, 11) is 0. The quantitative estimate of drug-likeness (QED) is 0.862. The van der Waals surface area contributed by atoms with E-state index in [1.807, 2.05) is 0 Å². The molecule has 0 spiro atoms. The molecule has 6 heteroatoms. The van der Waals surface area contributed by atoms with E-state index in [1.54, 1.807) is 18.2 Å². The van der Waals surface area contributed by atoms with Gasteiger partial charge in [0.1, 0.15) is 12.7 Å². The highest BCUT2D eigenvalue weighted by Crippen LogP contribution is 2.34. The van der Waals surface area contributed by atoms with E-state index in [-0.39, 0.29) is 6.10 Å². The highest BCUT2D eigenvalue weighted by Gasteiger charge is 2.29. The number of β-amino-alcohol motifs (C(OH)–C–C–N with tert-alkyl or cyclic N) is 1. The number of halogens is 1. The van der Waals surface area contributed by atoms with Crippen LogP contribution in [0.1, 0.15) is 0 Å². The zero-order valence-corrected chi connectivity index (χ0v) is 12.0. The molecule has 2 heterocycles. The molecule has 2 atom stereocenters. The first-order valence-electron chi connectivity index (χ1n) is 6.92. The van der Waals surface area contributed by atoms with Gasteiger partial charge >= 0.3 is 0 Å². The highest BCUT2D eigenvalue weighted by molar-refractivity contribution is 6.30. The monoisotopic (exact) mass is 298 g/mol. The average molecular weight is 299 g/mol. The molecule has 0 radical (unpaired) electrons. The smallest absolute Gasteiger partial charge is 0.163 e. The topological polar surface area (TPSA) is 54.0 Å². The largest absolute Gasteiger partial charge is 0.486 e. The first-order chi connectivity index (χ1) is 9.72. The molecule has 0 saturated carbocycles. The summed E-state index contributed by atoms with van der Waals surface area (Å²) >= 11 is 5.95. The SMILES string of the molecule is OC(CN1CCNCC1)C1COc2ccc(Cl)cc2O1. The number of nitrogens with one attached hydrogen (secondary N) is 1. The maximum absolute atomic E-state index is 10.3. The van der Waals surface area contributed by atoms with E-state index in [0.29, 0.717) is 29.7 Å². The minimum absolute atomic E-state index is 0.351. The maximum Gasteiger partial charge on any atom is 0.163 e. The van der Waals surface area contributed by atoms with E-state index in [0.717, 1.165) is 26.2 Å². The van der Waals surface area contributed by atoms with Gasteiger partial charge in [0.2, 0.25) is 0 Å². The van der Waals surface area contributed by atoms with Crippen molar-refractivity contribution in [2.24, 2.45) is 0 Å². The van der Waals surface area contributed by atoms with Gasteiger partial charge in [0.25, 0.3) is 0 Å². The van der Waals surface area contributed by atoms with Crippen LogP contribution >= 0.6 is 11.6 Å². The van der Waals surface area contributed by atoms with E-state index in [9.17, 15) is 5.11 Å². The van der Waals surface area contributed by atoms with Crippen LogP contribution < -0.4 is 14.8 Å². The van der Waals surface area contributed by atoms with Gasteiger partial charge in [-0.05, 0) is 12.1 Å². The van der Waals surface area contributed by atoms with Gasteiger partial charge in [0.15, 0.2) is 17.6 Å². The van der Waals surface area contributed by atoms with Crippen molar-refractivity contribution in [2.45, 2.75) is 12.2 Å². The molecule has 110 valence electrons. The number of nitrogens with zero attached hydrogens (tertiary/aromatic N) is 1. The Morgan fingerprint density at radius 3 is 2.95 bits per heavy atom. The summed E-state index contributed by atoms with van der Waals surface area (Å²) in [5.41, 5.74) is 0. The summed E-state index contributed by atoms with van der Waals surface area (Å²) < 4.78 is 11.4. The summed E-state index contributed by atoms with van der Waals surface area (Å²) in [5.74, 6) is 1.29. The molecule has 2 N–H and O–H groups in total. The Hall–Kier alpha value is -1.01. The van der Waals surface area contributed by atoms with Gasteiger partial charge in [-0.3, -0.25) is 4.90 Å². The fourth-order valence-corrected chi connectivity index (χ4v) is 2.69. The molecule has 0 aromatic heterocycles. The number of hydrogen-bond donors (Lipinski definition) is 2. The lowest BCUT2D eigenvalue weighted by Crippen LogP contribution is -2.51. The van der Waals surface area contributed by atoms with E-state index in [4.69, 9.17) is 21.1 Å². The number of rotatable bonds is 3. The molecule has 0 bridgehead atoms. The van der Waals surface area contributed by atoms with Crippen LogP contribution in [0.5, 0.6) is 11.5 Å². The van der Waals surface area contributed by atoms with Gasteiger partial charge in [-0.2, -0.15) is 0 Å². The maximum atomic E-state index is 10.3. The highest BCUT2D eigenvalue weighted by atomic mass is 35.5. The lowest BCUT2D eigenvalue weighted by atomic mass is 10.1. The van der Waals surface area contributed by atoms with Crippen LogP contribution in [0, 0.1) is 0 Å². The number of piperazine rings is 1. The van der Waals surface area contributed by atoms with Crippen LogP contribution in [0.15, 0.2) is 18.2 Å². The van der Waals surface area contributed by atoms with Crippen molar-refractivity contribution >= 4 is 11.6 Å². The fraction of sp³-hybridized carbons (Fsp3) is 0.571. The van der Waals surface area contributed by atoms with Crippen molar-refractivity contribution in [3.8, 4) is 11.5 Å². The second-order valence-corrected chi connectivity index (χ2v) is 5.61.